The van der Waals surface area contributed by atoms with E-state index in [1.54, 1.807) is 0 Å². The first-order chi connectivity index (χ1) is 26.0. The van der Waals surface area contributed by atoms with Crippen molar-refractivity contribution in [3.63, 3.8) is 0 Å². The summed E-state index contributed by atoms with van der Waals surface area (Å²) in [7, 11) is 0. The fourth-order valence-electron chi connectivity index (χ4n) is 9.19. The lowest BCUT2D eigenvalue weighted by molar-refractivity contribution is 0.661. The van der Waals surface area contributed by atoms with Gasteiger partial charge in [0.1, 0.15) is 0 Å². The van der Waals surface area contributed by atoms with Crippen molar-refractivity contribution in [2.75, 3.05) is 0 Å². The van der Waals surface area contributed by atoms with Crippen molar-refractivity contribution in [3.05, 3.63) is 163 Å². The van der Waals surface area contributed by atoms with Crippen LogP contribution in [0.5, 0.6) is 0 Å². The Hall–Kier alpha value is -6.36. The molecule has 0 N–H and O–H groups in total. The minimum absolute atomic E-state index is 0.174. The van der Waals surface area contributed by atoms with Crippen LogP contribution in [0.2, 0.25) is 0 Å². The van der Waals surface area contributed by atoms with Gasteiger partial charge in [0.15, 0.2) is 0 Å². The Bertz CT molecular complexity index is 3380. The van der Waals surface area contributed by atoms with Gasteiger partial charge >= 0.3 is 0 Å². The van der Waals surface area contributed by atoms with Crippen molar-refractivity contribution in [1.82, 2.24) is 14.5 Å². The molecule has 53 heavy (non-hydrogen) atoms. The molecule has 0 amide bonds. The van der Waals surface area contributed by atoms with Gasteiger partial charge in [0.05, 0.1) is 22.2 Å². The topological polar surface area (TPSA) is 30.7 Å². The Morgan fingerprint density at radius 3 is 2.02 bits per heavy atom. The normalized spacial score (nSPS) is 13.6. The highest BCUT2D eigenvalue weighted by Crippen LogP contribution is 2.52. The molecule has 1 aliphatic carbocycles. The quantitative estimate of drug-likeness (QED) is 0.169. The van der Waals surface area contributed by atoms with E-state index in [0.29, 0.717) is 5.95 Å². The van der Waals surface area contributed by atoms with Crippen LogP contribution in [0.4, 0.5) is 0 Å². The minimum atomic E-state index is -0.174. The van der Waals surface area contributed by atoms with Gasteiger partial charge in [0.2, 0.25) is 5.95 Å². The van der Waals surface area contributed by atoms with Gasteiger partial charge in [-0.1, -0.05) is 123 Å². The first-order valence-electron chi connectivity index (χ1n) is 18.2. The molecule has 4 heteroatoms. The SMILES string of the molecule is CC1(C)c2cc3ccccc3cc2-c2cc3c4ccccc4n(-c4nc(-c5cccc6c5sc5ccccc56)c5ccc6ccccc6c5n4)c3cc21. The van der Waals surface area contributed by atoms with Gasteiger partial charge in [0.25, 0.3) is 0 Å². The van der Waals surface area contributed by atoms with Crippen LogP contribution in [0, 0.1) is 0 Å². The van der Waals surface area contributed by atoms with E-state index in [9.17, 15) is 0 Å². The van der Waals surface area contributed by atoms with Crippen molar-refractivity contribution in [2.45, 2.75) is 19.3 Å². The summed E-state index contributed by atoms with van der Waals surface area (Å²) in [4.78, 5) is 11.1. The molecule has 11 aromatic rings. The fourth-order valence-corrected chi connectivity index (χ4v) is 10.4. The zero-order chi connectivity index (χ0) is 35.0. The predicted molar refractivity (Wildman–Crippen MR) is 225 cm³/mol. The Labute approximate surface area is 309 Å². The van der Waals surface area contributed by atoms with Crippen molar-refractivity contribution in [3.8, 4) is 28.3 Å². The zero-order valence-corrected chi connectivity index (χ0v) is 30.0. The van der Waals surface area contributed by atoms with Gasteiger partial charge in [-0.2, -0.15) is 0 Å². The summed E-state index contributed by atoms with van der Waals surface area (Å²) < 4.78 is 4.85. The number of benzene rings is 8. The summed E-state index contributed by atoms with van der Waals surface area (Å²) >= 11 is 1.84. The maximum absolute atomic E-state index is 5.61. The molecule has 3 aromatic heterocycles. The number of para-hydroxylation sites is 1. The molecule has 0 saturated heterocycles. The first kappa shape index (κ1) is 29.2. The van der Waals surface area contributed by atoms with E-state index in [0.717, 1.165) is 38.6 Å². The van der Waals surface area contributed by atoms with Gasteiger partial charge in [-0.25, -0.2) is 9.97 Å². The van der Waals surface area contributed by atoms with Crippen LogP contribution >= 0.6 is 11.3 Å². The Kier molecular flexibility index (Phi) is 5.72. The summed E-state index contributed by atoms with van der Waals surface area (Å²) in [6.45, 7) is 4.74. The molecule has 3 heterocycles. The summed E-state index contributed by atoms with van der Waals surface area (Å²) in [6.07, 6.45) is 0. The second kappa shape index (κ2) is 10.4. The van der Waals surface area contributed by atoms with Gasteiger partial charge in [-0.15, -0.1) is 11.3 Å². The second-order valence-electron chi connectivity index (χ2n) is 15.0. The average molecular weight is 694 g/mol. The zero-order valence-electron chi connectivity index (χ0n) is 29.2. The summed E-state index contributed by atoms with van der Waals surface area (Å²) in [5.41, 5.74) is 10.5. The molecule has 8 aromatic carbocycles. The number of nitrogens with zero attached hydrogens (tertiary/aromatic N) is 3. The Morgan fingerprint density at radius 2 is 1.15 bits per heavy atom. The molecule has 0 bridgehead atoms. The molecule has 0 unspecified atom stereocenters. The van der Waals surface area contributed by atoms with Gasteiger partial charge in [-0.3, -0.25) is 4.57 Å². The number of aromatic nitrogens is 3. The van der Waals surface area contributed by atoms with Crippen LogP contribution in [0.1, 0.15) is 25.0 Å². The lowest BCUT2D eigenvalue weighted by Gasteiger charge is -2.22. The molecule has 0 fully saturated rings. The van der Waals surface area contributed by atoms with Crippen LogP contribution in [0.3, 0.4) is 0 Å². The predicted octanol–water partition coefficient (Wildman–Crippen LogP) is 13.4. The lowest BCUT2D eigenvalue weighted by atomic mass is 9.81. The third-order valence-electron chi connectivity index (χ3n) is 11.8. The standard InChI is InChI=1S/C49H31N3S/c1-49(2)40-25-30-14-4-3-13-29(30)24-37(40)38-26-39-32-16-7-9-20-42(32)52(43(39)27-41(38)49)48-50-45-31-15-6-5-12-28(31)22-23-35(45)46(51-48)36-19-11-18-34-33-17-8-10-21-44(33)53-47(34)36/h3-27H,1-2H3. The molecule has 3 nitrogen and oxygen atoms in total. The number of fused-ring (bicyclic) bond motifs is 13. The van der Waals surface area contributed by atoms with Crippen LogP contribution in [-0.4, -0.2) is 14.5 Å². The van der Waals surface area contributed by atoms with E-state index in [1.165, 1.54) is 69.4 Å². The van der Waals surface area contributed by atoms with E-state index in [4.69, 9.17) is 9.97 Å². The molecular weight excluding hydrogens is 663 g/mol. The Morgan fingerprint density at radius 1 is 0.472 bits per heavy atom. The molecule has 0 saturated carbocycles. The van der Waals surface area contributed by atoms with Gasteiger partial charge in [0, 0.05) is 52.7 Å². The van der Waals surface area contributed by atoms with Crippen LogP contribution < -0.4 is 0 Å². The molecule has 0 spiro atoms. The van der Waals surface area contributed by atoms with E-state index in [2.05, 4.69) is 170 Å². The molecule has 0 aliphatic heterocycles. The van der Waals surface area contributed by atoms with Crippen molar-refractivity contribution >= 4 is 85.8 Å². The van der Waals surface area contributed by atoms with E-state index < -0.39 is 0 Å². The third kappa shape index (κ3) is 3.93. The van der Waals surface area contributed by atoms with E-state index in [1.807, 2.05) is 11.3 Å². The van der Waals surface area contributed by atoms with Crippen molar-refractivity contribution in [1.29, 1.82) is 0 Å². The van der Waals surface area contributed by atoms with Gasteiger partial charge < -0.3 is 0 Å². The monoisotopic (exact) mass is 693 g/mol. The molecular formula is C49H31N3S. The lowest BCUT2D eigenvalue weighted by Crippen LogP contribution is -2.15. The highest BCUT2D eigenvalue weighted by molar-refractivity contribution is 7.26. The fraction of sp³-hybridized carbons (Fsp3) is 0.0612. The summed E-state index contributed by atoms with van der Waals surface area (Å²) in [5, 5.41) is 10.9. The molecule has 12 rings (SSSR count). The van der Waals surface area contributed by atoms with Crippen molar-refractivity contribution in [2.24, 2.45) is 0 Å². The molecule has 0 radical (unpaired) electrons. The van der Waals surface area contributed by atoms with Crippen LogP contribution in [0.15, 0.2) is 152 Å². The molecule has 248 valence electrons. The highest BCUT2D eigenvalue weighted by atomic mass is 32.1. The maximum Gasteiger partial charge on any atom is 0.235 e. The number of rotatable bonds is 2. The maximum atomic E-state index is 5.61. The van der Waals surface area contributed by atoms with Crippen LogP contribution in [-0.2, 0) is 5.41 Å². The summed E-state index contributed by atoms with van der Waals surface area (Å²) in [6, 6.07) is 55.5. The highest BCUT2D eigenvalue weighted by Gasteiger charge is 2.37. The third-order valence-corrected chi connectivity index (χ3v) is 13.0. The second-order valence-corrected chi connectivity index (χ2v) is 16.0. The molecule has 0 atom stereocenters. The number of thiophene rings is 1. The smallest absolute Gasteiger partial charge is 0.235 e. The van der Waals surface area contributed by atoms with E-state index >= 15 is 0 Å². The average Bonchev–Trinajstić information content (AvgIpc) is 3.81. The van der Waals surface area contributed by atoms with Crippen molar-refractivity contribution < 1.29 is 0 Å². The van der Waals surface area contributed by atoms with E-state index in [-0.39, 0.29) is 5.41 Å². The summed E-state index contributed by atoms with van der Waals surface area (Å²) in [5.74, 6) is 0.687. The number of hydrogen-bond donors (Lipinski definition) is 0. The first-order valence-corrected chi connectivity index (χ1v) is 19.1. The number of hydrogen-bond acceptors (Lipinski definition) is 3. The van der Waals surface area contributed by atoms with Gasteiger partial charge in [-0.05, 0) is 80.9 Å². The minimum Gasteiger partial charge on any atom is -0.278 e. The van der Waals surface area contributed by atoms with Crippen LogP contribution in [0.25, 0.3) is 103 Å². The largest absolute Gasteiger partial charge is 0.278 e. The Balaban J connectivity index is 1.20. The molecule has 1 aliphatic rings.